The molecule has 0 aliphatic carbocycles. The molecule has 0 amide bonds. The van der Waals surface area contributed by atoms with Crippen LogP contribution < -0.4 is 14.9 Å². The Bertz CT molecular complexity index is 1380. The highest BCUT2D eigenvalue weighted by atomic mass is 35.5. The van der Waals surface area contributed by atoms with Crippen molar-refractivity contribution in [1.82, 2.24) is 0 Å². The van der Waals surface area contributed by atoms with Gasteiger partial charge in [0.05, 0.1) is 10.4 Å². The van der Waals surface area contributed by atoms with Gasteiger partial charge in [-0.25, -0.2) is 4.79 Å². The Morgan fingerprint density at radius 1 is 0.938 bits per heavy atom. The van der Waals surface area contributed by atoms with Crippen LogP contribution in [0.15, 0.2) is 69.9 Å². The van der Waals surface area contributed by atoms with Gasteiger partial charge in [0.15, 0.2) is 12.4 Å². The first-order valence-corrected chi connectivity index (χ1v) is 10.6. The van der Waals surface area contributed by atoms with E-state index in [1.807, 2.05) is 13.0 Å². The van der Waals surface area contributed by atoms with Crippen LogP contribution in [0.1, 0.15) is 5.56 Å². The van der Waals surface area contributed by atoms with Crippen molar-refractivity contribution in [3.8, 4) is 22.8 Å². The topological polar surface area (TPSA) is 65.7 Å². The van der Waals surface area contributed by atoms with E-state index in [1.54, 1.807) is 42.5 Å². The summed E-state index contributed by atoms with van der Waals surface area (Å²) in [4.78, 5) is 25.7. The van der Waals surface area contributed by atoms with E-state index in [4.69, 9.17) is 48.7 Å². The number of aryl methyl sites for hydroxylation is 1. The summed E-state index contributed by atoms with van der Waals surface area (Å²) in [6.45, 7) is 1.37. The van der Waals surface area contributed by atoms with Crippen molar-refractivity contribution in [1.29, 1.82) is 0 Å². The molecule has 162 valence electrons. The molecule has 0 fully saturated rings. The average Bonchev–Trinajstić information content (AvgIpc) is 2.76. The van der Waals surface area contributed by atoms with E-state index in [1.165, 1.54) is 12.1 Å². The zero-order chi connectivity index (χ0) is 22.8. The summed E-state index contributed by atoms with van der Waals surface area (Å²) >= 11 is 17.9. The number of esters is 1. The lowest BCUT2D eigenvalue weighted by atomic mass is 10.1. The second-order valence-electron chi connectivity index (χ2n) is 6.93. The molecule has 0 saturated carbocycles. The van der Waals surface area contributed by atoms with Gasteiger partial charge in [-0.1, -0.05) is 46.4 Å². The van der Waals surface area contributed by atoms with Crippen molar-refractivity contribution in [3.63, 3.8) is 0 Å². The van der Waals surface area contributed by atoms with Gasteiger partial charge in [-0.05, 0) is 61.5 Å². The highest BCUT2D eigenvalue weighted by Crippen LogP contribution is 2.32. The smallest absolute Gasteiger partial charge is 0.349 e. The van der Waals surface area contributed by atoms with Crippen LogP contribution in [0.25, 0.3) is 22.3 Å². The van der Waals surface area contributed by atoms with Crippen LogP contribution in [-0.2, 0) is 4.79 Å². The summed E-state index contributed by atoms with van der Waals surface area (Å²) in [6.07, 6.45) is 0. The normalized spacial score (nSPS) is 10.9. The molecule has 0 N–H and O–H groups in total. The van der Waals surface area contributed by atoms with E-state index >= 15 is 0 Å². The van der Waals surface area contributed by atoms with Crippen LogP contribution in [0, 0.1) is 6.92 Å². The number of hydrogen-bond donors (Lipinski definition) is 0. The Morgan fingerprint density at radius 2 is 1.66 bits per heavy atom. The maximum absolute atomic E-state index is 13.2. The summed E-state index contributed by atoms with van der Waals surface area (Å²) in [5.41, 5.74) is 1.28. The molecule has 4 aromatic rings. The molecule has 0 saturated heterocycles. The van der Waals surface area contributed by atoms with Crippen LogP contribution in [0.2, 0.25) is 15.1 Å². The number of halogens is 3. The van der Waals surface area contributed by atoms with Crippen LogP contribution in [0.5, 0.6) is 11.5 Å². The fourth-order valence-corrected chi connectivity index (χ4v) is 3.64. The van der Waals surface area contributed by atoms with Crippen molar-refractivity contribution < 1.29 is 18.7 Å². The summed E-state index contributed by atoms with van der Waals surface area (Å²) in [7, 11) is 0. The molecule has 3 aromatic carbocycles. The predicted octanol–water partition coefficient (Wildman–Crippen LogP) is 6.71. The summed E-state index contributed by atoms with van der Waals surface area (Å²) < 4.78 is 16.8. The van der Waals surface area contributed by atoms with Crippen LogP contribution in [-0.4, -0.2) is 12.6 Å². The van der Waals surface area contributed by atoms with Gasteiger partial charge in [0, 0.05) is 15.6 Å². The minimum absolute atomic E-state index is 0.112. The van der Waals surface area contributed by atoms with Crippen molar-refractivity contribution in [2.75, 3.05) is 6.61 Å². The maximum atomic E-state index is 13.2. The van der Waals surface area contributed by atoms with Crippen molar-refractivity contribution in [3.05, 3.63) is 91.5 Å². The highest BCUT2D eigenvalue weighted by Gasteiger charge is 2.21. The number of hydrogen-bond acceptors (Lipinski definition) is 5. The first-order chi connectivity index (χ1) is 15.3. The first-order valence-electron chi connectivity index (χ1n) is 9.44. The van der Waals surface area contributed by atoms with Gasteiger partial charge in [0.2, 0.25) is 11.2 Å². The molecular weight excluding hydrogens is 475 g/mol. The lowest BCUT2D eigenvalue weighted by Crippen LogP contribution is -2.22. The van der Waals surface area contributed by atoms with Gasteiger partial charge >= 0.3 is 5.97 Å². The van der Waals surface area contributed by atoms with Gasteiger partial charge in [0.25, 0.3) is 0 Å². The average molecular weight is 490 g/mol. The van der Waals surface area contributed by atoms with E-state index < -0.39 is 18.0 Å². The van der Waals surface area contributed by atoms with Gasteiger partial charge < -0.3 is 13.9 Å². The number of fused-ring (bicyclic) bond motifs is 1. The van der Waals surface area contributed by atoms with E-state index in [0.29, 0.717) is 26.6 Å². The molecule has 4 rings (SSSR count). The Balaban J connectivity index is 1.70. The monoisotopic (exact) mass is 488 g/mol. The Kier molecular flexibility index (Phi) is 6.42. The fraction of sp³-hybridized carbons (Fsp3) is 0.0833. The van der Waals surface area contributed by atoms with Crippen LogP contribution in [0.3, 0.4) is 0 Å². The largest absolute Gasteiger partial charge is 0.480 e. The summed E-state index contributed by atoms with van der Waals surface area (Å²) in [5, 5.41) is 1.49. The first kappa shape index (κ1) is 22.2. The summed E-state index contributed by atoms with van der Waals surface area (Å²) in [6, 6.07) is 16.4. The van der Waals surface area contributed by atoms with Crippen molar-refractivity contribution in [2.24, 2.45) is 0 Å². The predicted molar refractivity (Wildman–Crippen MR) is 125 cm³/mol. The van der Waals surface area contributed by atoms with Gasteiger partial charge in [-0.15, -0.1) is 0 Å². The second-order valence-corrected chi connectivity index (χ2v) is 8.21. The Morgan fingerprint density at radius 3 is 2.38 bits per heavy atom. The van der Waals surface area contributed by atoms with E-state index in [-0.39, 0.29) is 22.3 Å². The third-order valence-corrected chi connectivity index (χ3v) is 5.35. The number of carbonyl (C=O) groups is 1. The van der Waals surface area contributed by atoms with E-state index in [2.05, 4.69) is 0 Å². The van der Waals surface area contributed by atoms with Crippen molar-refractivity contribution >= 4 is 51.7 Å². The SMILES string of the molecule is Cc1ccc2oc(-c3ccc(Cl)cc3)c(OC(=O)COc3ccc(Cl)cc3Cl)c(=O)c2c1. The minimum atomic E-state index is -0.800. The molecule has 0 spiro atoms. The summed E-state index contributed by atoms with van der Waals surface area (Å²) in [5.74, 6) is -0.667. The Hall–Kier alpha value is -2.99. The van der Waals surface area contributed by atoms with Crippen LogP contribution in [0.4, 0.5) is 0 Å². The lowest BCUT2D eigenvalue weighted by Gasteiger charge is -2.12. The molecule has 0 aliphatic heterocycles. The Labute approximate surface area is 198 Å². The molecule has 32 heavy (non-hydrogen) atoms. The number of ether oxygens (including phenoxy) is 2. The maximum Gasteiger partial charge on any atom is 0.349 e. The van der Waals surface area contributed by atoms with Gasteiger partial charge in [-0.3, -0.25) is 4.79 Å². The van der Waals surface area contributed by atoms with E-state index in [9.17, 15) is 9.59 Å². The standard InChI is InChI=1S/C24H15Cl3O5/c1-13-2-8-19-17(10-13)22(29)24(23(31-19)14-3-5-15(25)6-4-14)32-21(28)12-30-20-9-7-16(26)11-18(20)27/h2-11H,12H2,1H3. The van der Waals surface area contributed by atoms with Gasteiger partial charge in [-0.2, -0.15) is 0 Å². The fourth-order valence-electron chi connectivity index (χ4n) is 3.05. The third-order valence-electron chi connectivity index (χ3n) is 4.57. The second kappa shape index (κ2) is 9.25. The zero-order valence-electron chi connectivity index (χ0n) is 16.7. The third kappa shape index (κ3) is 4.75. The molecule has 1 heterocycles. The van der Waals surface area contributed by atoms with Gasteiger partial charge in [0.1, 0.15) is 11.3 Å². The van der Waals surface area contributed by atoms with E-state index in [0.717, 1.165) is 5.56 Å². The zero-order valence-corrected chi connectivity index (χ0v) is 18.9. The molecule has 0 radical (unpaired) electrons. The highest BCUT2D eigenvalue weighted by molar-refractivity contribution is 6.35. The molecule has 0 unspecified atom stereocenters. The van der Waals surface area contributed by atoms with Crippen LogP contribution >= 0.6 is 34.8 Å². The molecule has 5 nitrogen and oxygen atoms in total. The quantitative estimate of drug-likeness (QED) is 0.291. The lowest BCUT2D eigenvalue weighted by molar-refractivity contribution is -0.136. The molecule has 0 bridgehead atoms. The minimum Gasteiger partial charge on any atom is -0.480 e. The van der Waals surface area contributed by atoms with Crippen molar-refractivity contribution in [2.45, 2.75) is 6.92 Å². The number of benzene rings is 3. The molecular formula is C24H15Cl3O5. The molecule has 0 aliphatic rings. The number of rotatable bonds is 5. The molecule has 1 aromatic heterocycles. The molecule has 8 heteroatoms. The molecule has 0 atom stereocenters. The number of carbonyl (C=O) groups excluding carboxylic acids is 1.